The smallest absolute Gasteiger partial charge is 0.378 e. The van der Waals surface area contributed by atoms with Gasteiger partial charge in [-0.25, -0.2) is 4.79 Å². The largest absolute Gasteiger partial charge is 0.497 e. The SMILES string of the molecule is COc1cccc(COC(=O)C[N+](=O)[O-])c1. The molecule has 1 rings (SSSR count). The zero-order valence-electron chi connectivity index (χ0n) is 8.71. The number of nitrogens with zero attached hydrogens (tertiary/aromatic N) is 1. The lowest BCUT2D eigenvalue weighted by Gasteiger charge is -2.04. The zero-order chi connectivity index (χ0) is 12.0. The summed E-state index contributed by atoms with van der Waals surface area (Å²) in [6.45, 7) is -0.812. The molecular formula is C10H11NO5. The van der Waals surface area contributed by atoms with E-state index in [9.17, 15) is 14.9 Å². The van der Waals surface area contributed by atoms with Crippen LogP contribution in [0.1, 0.15) is 5.56 Å². The second-order valence-electron chi connectivity index (χ2n) is 3.00. The van der Waals surface area contributed by atoms with E-state index >= 15 is 0 Å². The average Bonchev–Trinajstić information content (AvgIpc) is 2.26. The Morgan fingerprint density at radius 3 is 2.88 bits per heavy atom. The highest BCUT2D eigenvalue weighted by molar-refractivity contribution is 5.70. The number of esters is 1. The van der Waals surface area contributed by atoms with Crippen LogP contribution in [-0.2, 0) is 16.1 Å². The molecule has 0 aliphatic rings. The summed E-state index contributed by atoms with van der Waals surface area (Å²) in [5, 5.41) is 10.0. The highest BCUT2D eigenvalue weighted by atomic mass is 16.6. The van der Waals surface area contributed by atoms with Gasteiger partial charge < -0.3 is 9.47 Å². The van der Waals surface area contributed by atoms with Crippen molar-refractivity contribution in [1.29, 1.82) is 0 Å². The van der Waals surface area contributed by atoms with Gasteiger partial charge in [-0.2, -0.15) is 0 Å². The predicted molar refractivity (Wildman–Crippen MR) is 54.7 cm³/mol. The van der Waals surface area contributed by atoms with Gasteiger partial charge in [0.05, 0.1) is 7.11 Å². The van der Waals surface area contributed by atoms with Crippen LogP contribution in [0.15, 0.2) is 24.3 Å². The molecule has 1 aromatic rings. The molecular weight excluding hydrogens is 214 g/mol. The quantitative estimate of drug-likeness (QED) is 0.424. The maximum Gasteiger partial charge on any atom is 0.378 e. The van der Waals surface area contributed by atoms with Crippen molar-refractivity contribution in [3.05, 3.63) is 39.9 Å². The molecule has 0 aliphatic heterocycles. The summed E-state index contributed by atoms with van der Waals surface area (Å²) in [4.78, 5) is 20.2. The summed E-state index contributed by atoms with van der Waals surface area (Å²) in [6, 6.07) is 6.93. The van der Waals surface area contributed by atoms with Gasteiger partial charge in [-0.15, -0.1) is 0 Å². The number of ether oxygens (including phenoxy) is 2. The average molecular weight is 225 g/mol. The first kappa shape index (κ1) is 12.0. The normalized spacial score (nSPS) is 9.56. The van der Waals surface area contributed by atoms with Crippen LogP contribution in [0.4, 0.5) is 0 Å². The van der Waals surface area contributed by atoms with Gasteiger partial charge in [-0.3, -0.25) is 10.1 Å². The Labute approximate surface area is 91.9 Å². The molecule has 0 amide bonds. The van der Waals surface area contributed by atoms with Gasteiger partial charge in [0.2, 0.25) is 0 Å². The van der Waals surface area contributed by atoms with Crippen LogP contribution in [0.25, 0.3) is 0 Å². The highest BCUT2D eigenvalue weighted by Crippen LogP contribution is 2.13. The Morgan fingerprint density at radius 1 is 1.50 bits per heavy atom. The summed E-state index contributed by atoms with van der Waals surface area (Å²) >= 11 is 0. The maximum absolute atomic E-state index is 10.9. The van der Waals surface area contributed by atoms with E-state index in [0.29, 0.717) is 5.75 Å². The number of nitro groups is 1. The van der Waals surface area contributed by atoms with Crippen LogP contribution in [0.3, 0.4) is 0 Å². The third-order valence-corrected chi connectivity index (χ3v) is 1.79. The molecule has 86 valence electrons. The van der Waals surface area contributed by atoms with Crippen LogP contribution in [-0.4, -0.2) is 24.5 Å². The number of carbonyl (C=O) groups excluding carboxylic acids is 1. The molecule has 0 saturated carbocycles. The van der Waals surface area contributed by atoms with Gasteiger partial charge in [-0.05, 0) is 17.7 Å². The van der Waals surface area contributed by atoms with Crippen molar-refractivity contribution in [1.82, 2.24) is 0 Å². The molecule has 6 nitrogen and oxygen atoms in total. The number of hydrogen-bond donors (Lipinski definition) is 0. The fourth-order valence-electron chi connectivity index (χ4n) is 1.08. The van der Waals surface area contributed by atoms with Crippen molar-refractivity contribution < 1.29 is 19.2 Å². The second kappa shape index (κ2) is 5.69. The third kappa shape index (κ3) is 3.95. The van der Waals surface area contributed by atoms with E-state index in [-0.39, 0.29) is 6.61 Å². The molecule has 0 aromatic heterocycles. The molecule has 0 unspecified atom stereocenters. The monoisotopic (exact) mass is 225 g/mol. The molecule has 1 aromatic carbocycles. The van der Waals surface area contributed by atoms with Crippen molar-refractivity contribution in [3.63, 3.8) is 0 Å². The zero-order valence-corrected chi connectivity index (χ0v) is 8.71. The van der Waals surface area contributed by atoms with Crippen molar-refractivity contribution in [2.75, 3.05) is 13.7 Å². The van der Waals surface area contributed by atoms with E-state index in [4.69, 9.17) is 9.47 Å². The van der Waals surface area contributed by atoms with Gasteiger partial charge in [0.15, 0.2) is 0 Å². The van der Waals surface area contributed by atoms with Gasteiger partial charge in [0.25, 0.3) is 6.54 Å². The molecule has 0 fully saturated rings. The van der Waals surface area contributed by atoms with E-state index in [0.717, 1.165) is 5.56 Å². The molecule has 6 heteroatoms. The van der Waals surface area contributed by atoms with Crippen molar-refractivity contribution in [2.24, 2.45) is 0 Å². The summed E-state index contributed by atoms with van der Waals surface area (Å²) in [5.74, 6) is -0.212. The summed E-state index contributed by atoms with van der Waals surface area (Å²) in [6.07, 6.45) is 0. The maximum atomic E-state index is 10.9. The van der Waals surface area contributed by atoms with Crippen molar-refractivity contribution in [2.45, 2.75) is 6.61 Å². The van der Waals surface area contributed by atoms with E-state index in [1.165, 1.54) is 7.11 Å². The Morgan fingerprint density at radius 2 is 2.25 bits per heavy atom. The van der Waals surface area contributed by atoms with Crippen LogP contribution in [0, 0.1) is 10.1 Å². The molecule has 0 heterocycles. The Kier molecular flexibility index (Phi) is 4.26. The van der Waals surface area contributed by atoms with Gasteiger partial charge in [0, 0.05) is 4.92 Å². The third-order valence-electron chi connectivity index (χ3n) is 1.79. The molecule has 0 bridgehead atoms. The van der Waals surface area contributed by atoms with Crippen molar-refractivity contribution >= 4 is 5.97 Å². The summed E-state index contributed by atoms with van der Waals surface area (Å²) < 4.78 is 9.68. The standard InChI is InChI=1S/C10H11NO5/c1-15-9-4-2-3-8(5-9)7-16-10(12)6-11(13)14/h2-5H,6-7H2,1H3. The lowest BCUT2D eigenvalue weighted by atomic mass is 10.2. The van der Waals surface area contributed by atoms with Crippen LogP contribution < -0.4 is 4.74 Å². The molecule has 0 aliphatic carbocycles. The Hall–Kier alpha value is -2.11. The fraction of sp³-hybridized carbons (Fsp3) is 0.300. The van der Waals surface area contributed by atoms with Crippen molar-refractivity contribution in [3.8, 4) is 5.75 Å². The van der Waals surface area contributed by atoms with Gasteiger partial charge in [0.1, 0.15) is 12.4 Å². The summed E-state index contributed by atoms with van der Waals surface area (Å²) in [7, 11) is 1.53. The number of methoxy groups -OCH3 is 1. The molecule has 0 spiro atoms. The van der Waals surface area contributed by atoms with E-state index in [1.807, 2.05) is 0 Å². The topological polar surface area (TPSA) is 78.7 Å². The lowest BCUT2D eigenvalue weighted by Crippen LogP contribution is -2.16. The van der Waals surface area contributed by atoms with Crippen LogP contribution >= 0.6 is 0 Å². The fourth-order valence-corrected chi connectivity index (χ4v) is 1.08. The summed E-state index contributed by atoms with van der Waals surface area (Å²) in [5.41, 5.74) is 0.719. The van der Waals surface area contributed by atoms with E-state index in [1.54, 1.807) is 24.3 Å². The number of benzene rings is 1. The predicted octanol–water partition coefficient (Wildman–Crippen LogP) is 1.02. The van der Waals surface area contributed by atoms with Gasteiger partial charge in [-0.1, -0.05) is 12.1 Å². The molecule has 0 N–H and O–H groups in total. The number of rotatable bonds is 5. The minimum Gasteiger partial charge on any atom is -0.497 e. The molecule has 16 heavy (non-hydrogen) atoms. The number of carbonyl (C=O) groups is 1. The van der Waals surface area contributed by atoms with Gasteiger partial charge >= 0.3 is 5.97 Å². The number of hydrogen-bond acceptors (Lipinski definition) is 5. The highest BCUT2D eigenvalue weighted by Gasteiger charge is 2.10. The van der Waals surface area contributed by atoms with E-state index in [2.05, 4.69) is 0 Å². The molecule has 0 atom stereocenters. The minimum absolute atomic E-state index is 0.00384. The first-order valence-corrected chi connectivity index (χ1v) is 4.52. The minimum atomic E-state index is -0.854. The second-order valence-corrected chi connectivity index (χ2v) is 3.00. The van der Waals surface area contributed by atoms with E-state index < -0.39 is 17.4 Å². The molecule has 0 saturated heterocycles. The van der Waals surface area contributed by atoms with Crippen LogP contribution in [0.5, 0.6) is 5.75 Å². The molecule has 0 radical (unpaired) electrons. The van der Waals surface area contributed by atoms with Crippen LogP contribution in [0.2, 0.25) is 0 Å². The Bertz CT molecular complexity index is 391. The lowest BCUT2D eigenvalue weighted by molar-refractivity contribution is -0.470. The Balaban J connectivity index is 2.47. The first-order valence-electron chi connectivity index (χ1n) is 4.52. The first-order chi connectivity index (χ1) is 7.61.